The lowest BCUT2D eigenvalue weighted by Crippen LogP contribution is -2.28. The summed E-state index contributed by atoms with van der Waals surface area (Å²) in [6, 6.07) is 6.95. The number of phosphoric acid groups is 1. The van der Waals surface area contributed by atoms with Gasteiger partial charge in [0, 0.05) is 18.2 Å². The maximum absolute atomic E-state index is 12.5. The highest BCUT2D eigenvalue weighted by molar-refractivity contribution is 7.47. The molecule has 198 valence electrons. The second-order valence-corrected chi connectivity index (χ2v) is 10.3. The van der Waals surface area contributed by atoms with Gasteiger partial charge in [-0.15, -0.1) is 0 Å². The molecule has 4 atom stereocenters. The van der Waals surface area contributed by atoms with Crippen LogP contribution in [0.4, 0.5) is 5.82 Å². The van der Waals surface area contributed by atoms with E-state index in [1.54, 1.807) is 45.2 Å². The molecule has 1 aromatic carbocycles. The first kappa shape index (κ1) is 28.0. The molecule has 4 unspecified atom stereocenters. The number of carbonyl (C=O) groups is 1. The first-order valence-electron chi connectivity index (χ1n) is 12.0. The van der Waals surface area contributed by atoms with Crippen LogP contribution in [0.15, 0.2) is 35.3 Å². The average Bonchev–Trinajstić information content (AvgIpc) is 3.37. The normalized spacial score (nSPS) is 22.2. The van der Waals surface area contributed by atoms with Gasteiger partial charge in [-0.3, -0.25) is 18.4 Å². The number of rotatable bonds is 7. The molecule has 0 aliphatic carbocycles. The van der Waals surface area contributed by atoms with Crippen molar-refractivity contribution in [1.29, 1.82) is 0 Å². The summed E-state index contributed by atoms with van der Waals surface area (Å²) < 4.78 is 32.5. The zero-order valence-electron chi connectivity index (χ0n) is 21.2. The van der Waals surface area contributed by atoms with Crippen molar-refractivity contribution in [3.8, 4) is 5.75 Å². The molecule has 0 radical (unpaired) electrons. The van der Waals surface area contributed by atoms with Crippen molar-refractivity contribution in [2.45, 2.75) is 78.4 Å². The molecule has 12 heteroatoms. The molecule has 36 heavy (non-hydrogen) atoms. The lowest BCUT2D eigenvalue weighted by atomic mass is 10.1. The number of nitrogens with zero attached hydrogens (tertiary/aromatic N) is 2. The topological polar surface area (TPSA) is 138 Å². The van der Waals surface area contributed by atoms with Gasteiger partial charge in [0.1, 0.15) is 23.9 Å². The maximum Gasteiger partial charge on any atom is 0.472 e. The van der Waals surface area contributed by atoms with Crippen LogP contribution in [-0.4, -0.2) is 45.3 Å². The first-order valence-corrected chi connectivity index (χ1v) is 13.5. The lowest BCUT2D eigenvalue weighted by Gasteiger charge is -2.14. The molecule has 1 fully saturated rings. The van der Waals surface area contributed by atoms with E-state index in [1.165, 1.54) is 4.57 Å². The van der Waals surface area contributed by atoms with E-state index in [9.17, 15) is 14.2 Å². The van der Waals surface area contributed by atoms with Gasteiger partial charge in [-0.2, -0.15) is 4.98 Å². The Labute approximate surface area is 210 Å². The van der Waals surface area contributed by atoms with E-state index >= 15 is 0 Å². The molecule has 4 rings (SSSR count). The van der Waals surface area contributed by atoms with Crippen molar-refractivity contribution in [3.05, 3.63) is 52.1 Å². The Bertz CT molecular complexity index is 1170. The van der Waals surface area contributed by atoms with E-state index in [0.717, 1.165) is 30.6 Å². The summed E-state index contributed by atoms with van der Waals surface area (Å²) in [5, 5.41) is 2.68. The van der Waals surface area contributed by atoms with Crippen molar-refractivity contribution in [1.82, 2.24) is 9.55 Å². The van der Waals surface area contributed by atoms with Crippen molar-refractivity contribution in [3.63, 3.8) is 0 Å². The molecule has 1 aromatic heterocycles. The number of nitrogens with one attached hydrogen (secondary N) is 1. The fourth-order valence-corrected chi connectivity index (χ4v) is 4.82. The summed E-state index contributed by atoms with van der Waals surface area (Å²) >= 11 is 0. The molecule has 2 N–H and O–H groups in total. The largest absolute Gasteiger partial charge is 0.490 e. The van der Waals surface area contributed by atoms with E-state index in [4.69, 9.17) is 14.4 Å². The van der Waals surface area contributed by atoms with E-state index < -0.39 is 13.5 Å². The van der Waals surface area contributed by atoms with Crippen LogP contribution in [0.1, 0.15) is 69.6 Å². The number of fused-ring (bicyclic) bond motifs is 1. The predicted molar refractivity (Wildman–Crippen MR) is 133 cm³/mol. The molecule has 0 bridgehead atoms. The summed E-state index contributed by atoms with van der Waals surface area (Å²) in [4.78, 5) is 37.5. The molecule has 1 saturated heterocycles. The smallest absolute Gasteiger partial charge is 0.472 e. The van der Waals surface area contributed by atoms with Gasteiger partial charge in [0.2, 0.25) is 0 Å². The molecule has 11 nitrogen and oxygen atoms in total. The summed E-state index contributed by atoms with van der Waals surface area (Å²) in [6.45, 7) is 9.12. The minimum absolute atomic E-state index is 0.123. The van der Waals surface area contributed by atoms with Gasteiger partial charge in [0.15, 0.2) is 0 Å². The van der Waals surface area contributed by atoms with E-state index in [-0.39, 0.29) is 42.9 Å². The van der Waals surface area contributed by atoms with Crippen molar-refractivity contribution >= 4 is 19.5 Å². The Balaban J connectivity index is 0.000000308. The third-order valence-corrected chi connectivity index (χ3v) is 6.66. The Morgan fingerprint density at radius 2 is 2.03 bits per heavy atom. The predicted octanol–water partition coefficient (Wildman–Crippen LogP) is 4.06. The molecular weight excluding hydrogens is 489 g/mol. The van der Waals surface area contributed by atoms with Gasteiger partial charge < -0.3 is 19.7 Å². The molecule has 0 spiro atoms. The SMILES string of the molecule is CC1Cc2cc(C(=O)Nc3ccn(C4CCC(C)O4)c(=O)n3)ccc2O1.CCOP(=O)(O)OC(C)C. The third kappa shape index (κ3) is 7.72. The summed E-state index contributed by atoms with van der Waals surface area (Å²) in [5.41, 5.74) is 1.10. The second-order valence-electron chi connectivity index (χ2n) is 8.93. The number of hydrogen-bond donors (Lipinski definition) is 2. The van der Waals surface area contributed by atoms with E-state index in [2.05, 4.69) is 19.3 Å². The highest BCUT2D eigenvalue weighted by atomic mass is 31.2. The molecule has 2 aliphatic rings. The summed E-state index contributed by atoms with van der Waals surface area (Å²) in [5.74, 6) is 0.746. The van der Waals surface area contributed by atoms with Gasteiger partial charge in [-0.1, -0.05) is 0 Å². The maximum atomic E-state index is 12.5. The van der Waals surface area contributed by atoms with Gasteiger partial charge >= 0.3 is 13.5 Å². The zero-order valence-corrected chi connectivity index (χ0v) is 22.1. The number of carbonyl (C=O) groups excluding carboxylic acids is 1. The molecule has 2 aliphatic heterocycles. The molecule has 1 amide bonds. The minimum atomic E-state index is -3.75. The highest BCUT2D eigenvalue weighted by Crippen LogP contribution is 2.44. The van der Waals surface area contributed by atoms with Gasteiger partial charge in [0.05, 0.1) is 18.8 Å². The number of phosphoric ester groups is 1. The van der Waals surface area contributed by atoms with E-state index in [0.29, 0.717) is 5.56 Å². The highest BCUT2D eigenvalue weighted by Gasteiger charge is 2.25. The molecule has 0 saturated carbocycles. The van der Waals surface area contributed by atoms with Gasteiger partial charge in [-0.05, 0) is 77.3 Å². The monoisotopic (exact) mass is 523 g/mol. The van der Waals surface area contributed by atoms with Crippen LogP contribution in [0.5, 0.6) is 5.75 Å². The molecular formula is C24H34N3O8P. The van der Waals surface area contributed by atoms with Crippen LogP contribution in [0.3, 0.4) is 0 Å². The molecule has 3 heterocycles. The van der Waals surface area contributed by atoms with Crippen molar-refractivity contribution in [2.24, 2.45) is 0 Å². The van der Waals surface area contributed by atoms with Crippen LogP contribution in [0.25, 0.3) is 0 Å². The summed E-state index contributed by atoms with van der Waals surface area (Å²) in [7, 11) is -3.75. The van der Waals surface area contributed by atoms with Crippen LogP contribution in [0.2, 0.25) is 0 Å². The Kier molecular flexibility index (Phi) is 9.43. The fourth-order valence-electron chi connectivity index (χ4n) is 3.90. The van der Waals surface area contributed by atoms with Gasteiger partial charge in [0.25, 0.3) is 5.91 Å². The molecule has 2 aromatic rings. The number of benzene rings is 1. The van der Waals surface area contributed by atoms with Crippen LogP contribution >= 0.6 is 7.82 Å². The van der Waals surface area contributed by atoms with Crippen molar-refractivity contribution < 1.29 is 32.8 Å². The number of ether oxygens (including phenoxy) is 2. The number of aromatic nitrogens is 2. The average molecular weight is 524 g/mol. The summed E-state index contributed by atoms with van der Waals surface area (Å²) in [6.07, 6.45) is 3.78. The second kappa shape index (κ2) is 12.1. The Morgan fingerprint density at radius 1 is 1.28 bits per heavy atom. The van der Waals surface area contributed by atoms with Crippen LogP contribution < -0.4 is 15.7 Å². The fraction of sp³-hybridized carbons (Fsp3) is 0.542. The number of amides is 1. The van der Waals surface area contributed by atoms with E-state index in [1.807, 2.05) is 19.9 Å². The Morgan fingerprint density at radius 3 is 2.64 bits per heavy atom. The lowest BCUT2D eigenvalue weighted by molar-refractivity contribution is 0.00805. The van der Waals surface area contributed by atoms with Crippen molar-refractivity contribution in [2.75, 3.05) is 11.9 Å². The number of anilines is 1. The van der Waals surface area contributed by atoms with Crippen LogP contribution in [-0.2, 0) is 24.8 Å². The van der Waals surface area contributed by atoms with Crippen LogP contribution in [0, 0.1) is 0 Å². The zero-order chi connectivity index (χ0) is 26.5. The quantitative estimate of drug-likeness (QED) is 0.514. The van der Waals surface area contributed by atoms with Gasteiger partial charge in [-0.25, -0.2) is 9.36 Å². The third-order valence-electron chi connectivity index (χ3n) is 5.39. The number of hydrogen-bond acceptors (Lipinski definition) is 8. The Hall–Kier alpha value is -2.56. The minimum Gasteiger partial charge on any atom is -0.490 e. The standard InChI is InChI=1S/C19H21N3O4.C5H13O4P/c1-11-3-6-17(26-11)22-8-7-16(21-19(22)24)20-18(23)13-4-5-15-14(10-13)9-12(2)25-15;1-4-8-10(6,7)9-5(2)3/h4-5,7-8,10-12,17H,3,6,9H2,1-2H3,(H,20,21,23,24);5H,4H2,1-3H3,(H,6,7). The first-order chi connectivity index (χ1) is 17.0.